The van der Waals surface area contributed by atoms with Crippen molar-refractivity contribution < 1.29 is 27.4 Å². The summed E-state index contributed by atoms with van der Waals surface area (Å²) in [4.78, 5) is 12.0. The summed E-state index contributed by atoms with van der Waals surface area (Å²) in [6.07, 6.45) is 0.853. The topological polar surface area (TPSA) is 94.2 Å². The Morgan fingerprint density at radius 1 is 1.18 bits per heavy atom. The Hall–Kier alpha value is -2.94. The maximum absolute atomic E-state index is 12.0. The summed E-state index contributed by atoms with van der Waals surface area (Å²) in [7, 11) is -1.86. The van der Waals surface area contributed by atoms with Crippen LogP contribution in [0.5, 0.6) is 17.2 Å². The summed E-state index contributed by atoms with van der Waals surface area (Å²) >= 11 is 0. The third kappa shape index (κ3) is 5.07. The maximum atomic E-state index is 12.0. The molecule has 28 heavy (non-hydrogen) atoms. The number of benzene rings is 2. The molecule has 1 aliphatic rings. The van der Waals surface area contributed by atoms with Crippen LogP contribution in [0.1, 0.15) is 0 Å². The molecule has 1 heterocycles. The molecule has 8 nitrogen and oxygen atoms in total. The summed E-state index contributed by atoms with van der Waals surface area (Å²) in [6, 6.07) is 13.8. The van der Waals surface area contributed by atoms with Gasteiger partial charge in [0.25, 0.3) is 5.91 Å². The maximum Gasteiger partial charge on any atom is 0.258 e. The van der Waals surface area contributed by atoms with Crippen LogP contribution in [0.4, 0.5) is 5.69 Å². The highest BCUT2D eigenvalue weighted by molar-refractivity contribution is 7.92. The third-order valence-electron chi connectivity index (χ3n) is 4.16. The van der Waals surface area contributed by atoms with E-state index in [1.807, 2.05) is 24.3 Å². The van der Waals surface area contributed by atoms with Crippen LogP contribution in [0.3, 0.4) is 0 Å². The molecule has 9 heteroatoms. The Morgan fingerprint density at radius 2 is 1.86 bits per heavy atom. The van der Waals surface area contributed by atoms with Crippen molar-refractivity contribution in [2.45, 2.75) is 6.10 Å². The van der Waals surface area contributed by atoms with Gasteiger partial charge in [0, 0.05) is 7.05 Å². The Labute approximate surface area is 164 Å². The molecule has 0 saturated carbocycles. The Bertz CT molecular complexity index is 930. The summed E-state index contributed by atoms with van der Waals surface area (Å²) in [5, 5.41) is 2.75. The number of anilines is 1. The Morgan fingerprint density at radius 3 is 2.54 bits per heavy atom. The average molecular weight is 406 g/mol. The van der Waals surface area contributed by atoms with E-state index in [-0.39, 0.29) is 18.6 Å². The minimum atomic E-state index is -3.32. The molecule has 0 bridgehead atoms. The molecule has 2 aromatic carbocycles. The van der Waals surface area contributed by atoms with E-state index in [9.17, 15) is 13.2 Å². The molecule has 0 saturated heterocycles. The third-order valence-corrected chi connectivity index (χ3v) is 5.37. The van der Waals surface area contributed by atoms with Gasteiger partial charge < -0.3 is 19.5 Å². The van der Waals surface area contributed by atoms with Crippen molar-refractivity contribution in [3.05, 3.63) is 48.5 Å². The second-order valence-electron chi connectivity index (χ2n) is 6.31. The van der Waals surface area contributed by atoms with Gasteiger partial charge in [0.05, 0.1) is 18.5 Å². The van der Waals surface area contributed by atoms with Crippen LogP contribution < -0.4 is 23.8 Å². The van der Waals surface area contributed by atoms with Crippen molar-refractivity contribution in [1.82, 2.24) is 5.32 Å². The smallest absolute Gasteiger partial charge is 0.258 e. The lowest BCUT2D eigenvalue weighted by Crippen LogP contribution is -2.42. The predicted molar refractivity (Wildman–Crippen MR) is 105 cm³/mol. The number of ether oxygens (including phenoxy) is 3. The SMILES string of the molecule is CN(c1ccc(OCC(=O)NC[C@@H]2COc3ccccc3O2)cc1)S(C)(=O)=O. The van der Waals surface area contributed by atoms with Gasteiger partial charge in [-0.15, -0.1) is 0 Å². The number of nitrogens with zero attached hydrogens (tertiary/aromatic N) is 1. The number of nitrogens with one attached hydrogen (secondary N) is 1. The van der Waals surface area contributed by atoms with Crippen LogP contribution in [-0.2, 0) is 14.8 Å². The van der Waals surface area contributed by atoms with Crippen LogP contribution in [-0.4, -0.2) is 53.5 Å². The first-order valence-electron chi connectivity index (χ1n) is 8.65. The van der Waals surface area contributed by atoms with E-state index < -0.39 is 10.0 Å². The van der Waals surface area contributed by atoms with Gasteiger partial charge in [-0.05, 0) is 36.4 Å². The summed E-state index contributed by atoms with van der Waals surface area (Å²) in [5.74, 6) is 1.52. The first-order valence-corrected chi connectivity index (χ1v) is 10.5. The molecule has 3 rings (SSSR count). The standard InChI is InChI=1S/C19H22N2O6S/c1-21(28(2,23)24)14-7-9-15(10-8-14)25-13-19(22)20-11-16-12-26-17-5-3-4-6-18(17)27-16/h3-10,16H,11-13H2,1-2H3,(H,20,22)/t16-/m1/s1. The second-order valence-corrected chi connectivity index (χ2v) is 8.33. The van der Waals surface area contributed by atoms with E-state index in [1.54, 1.807) is 24.3 Å². The molecule has 1 aliphatic heterocycles. The van der Waals surface area contributed by atoms with Crippen molar-refractivity contribution in [1.29, 1.82) is 0 Å². The van der Waals surface area contributed by atoms with E-state index in [2.05, 4.69) is 5.32 Å². The van der Waals surface area contributed by atoms with E-state index in [0.717, 1.165) is 10.6 Å². The zero-order chi connectivity index (χ0) is 20.1. The van der Waals surface area contributed by atoms with Crippen LogP contribution >= 0.6 is 0 Å². The normalized spacial score (nSPS) is 15.6. The number of hydrogen-bond donors (Lipinski definition) is 1. The van der Waals surface area contributed by atoms with Crippen molar-refractivity contribution in [2.24, 2.45) is 0 Å². The number of hydrogen-bond acceptors (Lipinski definition) is 6. The van der Waals surface area contributed by atoms with Crippen LogP contribution in [0.2, 0.25) is 0 Å². The highest BCUT2D eigenvalue weighted by Gasteiger charge is 2.21. The Kier molecular flexibility index (Phi) is 5.93. The van der Waals surface area contributed by atoms with Gasteiger partial charge >= 0.3 is 0 Å². The van der Waals surface area contributed by atoms with E-state index in [1.165, 1.54) is 7.05 Å². The molecule has 2 aromatic rings. The number of carbonyl (C=O) groups excluding carboxylic acids is 1. The fourth-order valence-corrected chi connectivity index (χ4v) is 3.04. The molecular weight excluding hydrogens is 384 g/mol. The van der Waals surface area contributed by atoms with Gasteiger partial charge in [0.15, 0.2) is 18.1 Å². The van der Waals surface area contributed by atoms with E-state index in [4.69, 9.17) is 14.2 Å². The van der Waals surface area contributed by atoms with Crippen LogP contribution in [0.15, 0.2) is 48.5 Å². The molecule has 0 spiro atoms. The molecule has 0 unspecified atom stereocenters. The summed E-state index contributed by atoms with van der Waals surface area (Å²) in [5.41, 5.74) is 0.508. The largest absolute Gasteiger partial charge is 0.486 e. The van der Waals surface area contributed by atoms with Gasteiger partial charge in [-0.3, -0.25) is 9.10 Å². The summed E-state index contributed by atoms with van der Waals surface area (Å²) < 4.78 is 41.0. The molecule has 1 atom stereocenters. The van der Waals surface area contributed by atoms with Gasteiger partial charge in [-0.1, -0.05) is 12.1 Å². The number of sulfonamides is 1. The monoisotopic (exact) mass is 406 g/mol. The number of rotatable bonds is 7. The Balaban J connectivity index is 1.44. The average Bonchev–Trinajstić information content (AvgIpc) is 2.69. The zero-order valence-electron chi connectivity index (χ0n) is 15.6. The molecule has 0 aromatic heterocycles. The van der Waals surface area contributed by atoms with Gasteiger partial charge in [0.1, 0.15) is 18.5 Å². The predicted octanol–water partition coefficient (Wildman–Crippen LogP) is 1.42. The molecular formula is C19H22N2O6S. The number of amides is 1. The number of para-hydroxylation sites is 2. The highest BCUT2D eigenvalue weighted by atomic mass is 32.2. The van der Waals surface area contributed by atoms with Crippen molar-refractivity contribution in [2.75, 3.05) is 37.4 Å². The molecule has 0 fully saturated rings. The molecule has 0 aliphatic carbocycles. The molecule has 1 amide bonds. The fraction of sp³-hybridized carbons (Fsp3) is 0.316. The van der Waals surface area contributed by atoms with Gasteiger partial charge in [0.2, 0.25) is 10.0 Å². The molecule has 150 valence electrons. The molecule has 1 N–H and O–H groups in total. The minimum absolute atomic E-state index is 0.161. The van der Waals surface area contributed by atoms with Crippen molar-refractivity contribution in [3.63, 3.8) is 0 Å². The lowest BCUT2D eigenvalue weighted by molar-refractivity contribution is -0.123. The lowest BCUT2D eigenvalue weighted by Gasteiger charge is -2.26. The minimum Gasteiger partial charge on any atom is -0.486 e. The quantitative estimate of drug-likeness (QED) is 0.747. The number of fused-ring (bicyclic) bond motifs is 1. The van der Waals surface area contributed by atoms with Crippen molar-refractivity contribution in [3.8, 4) is 17.2 Å². The lowest BCUT2D eigenvalue weighted by atomic mass is 10.2. The molecule has 0 radical (unpaired) electrons. The van der Waals surface area contributed by atoms with Crippen LogP contribution in [0.25, 0.3) is 0 Å². The van der Waals surface area contributed by atoms with Gasteiger partial charge in [-0.25, -0.2) is 8.42 Å². The van der Waals surface area contributed by atoms with E-state index >= 15 is 0 Å². The fourth-order valence-electron chi connectivity index (χ4n) is 2.54. The summed E-state index contributed by atoms with van der Waals surface area (Å²) in [6.45, 7) is 0.494. The zero-order valence-corrected chi connectivity index (χ0v) is 16.4. The first-order chi connectivity index (χ1) is 13.3. The highest BCUT2D eigenvalue weighted by Crippen LogP contribution is 2.30. The second kappa shape index (κ2) is 8.39. The van der Waals surface area contributed by atoms with Crippen LogP contribution in [0, 0.1) is 0 Å². The van der Waals surface area contributed by atoms with E-state index in [0.29, 0.717) is 36.1 Å². The van der Waals surface area contributed by atoms with Crippen molar-refractivity contribution >= 4 is 21.6 Å². The van der Waals surface area contributed by atoms with Gasteiger partial charge in [-0.2, -0.15) is 0 Å². The first kappa shape index (κ1) is 19.8. The number of carbonyl (C=O) groups is 1.